The maximum Gasteiger partial charge on any atom is 0.343 e. The summed E-state index contributed by atoms with van der Waals surface area (Å²) in [5.74, 6) is -6.59. The number of ether oxygens (including phenoxy) is 2. The molecule has 41 heavy (non-hydrogen) atoms. The van der Waals surface area contributed by atoms with Crippen molar-refractivity contribution in [1.82, 2.24) is 0 Å². The van der Waals surface area contributed by atoms with Crippen LogP contribution in [0.1, 0.15) is 77.9 Å². The van der Waals surface area contributed by atoms with E-state index in [1.54, 1.807) is 48.5 Å². The molecule has 0 amide bonds. The second-order valence-corrected chi connectivity index (χ2v) is 9.29. The first-order chi connectivity index (χ1) is 19.7. The second-order valence-electron chi connectivity index (χ2n) is 9.29. The van der Waals surface area contributed by atoms with Gasteiger partial charge in [0.2, 0.25) is 5.75 Å². The van der Waals surface area contributed by atoms with E-state index in [2.05, 4.69) is 0 Å². The van der Waals surface area contributed by atoms with Crippen LogP contribution in [0.25, 0.3) is 0 Å². The van der Waals surface area contributed by atoms with Crippen LogP contribution in [-0.2, 0) is 4.74 Å². The SMILES string of the molecule is CCCCOC(=O)c1c(C(=O)c2ccccc2)c(O)c(O)c(OC(=O)c2ccccc2)c1C(=O)c1ccc(C)cc1. The molecule has 0 aliphatic carbocycles. The number of phenolic OH excluding ortho intramolecular Hbond substituents is 2. The van der Waals surface area contributed by atoms with Gasteiger partial charge in [-0.25, -0.2) is 9.59 Å². The number of aromatic hydroxyl groups is 2. The maximum atomic E-state index is 14.0. The van der Waals surface area contributed by atoms with Crippen molar-refractivity contribution in [2.75, 3.05) is 6.61 Å². The van der Waals surface area contributed by atoms with Crippen molar-refractivity contribution in [2.24, 2.45) is 0 Å². The molecule has 4 aromatic rings. The number of rotatable bonds is 10. The predicted octanol–water partition coefficient (Wildman–Crippen LogP) is 6.04. The lowest BCUT2D eigenvalue weighted by atomic mass is 9.88. The van der Waals surface area contributed by atoms with Crippen molar-refractivity contribution in [1.29, 1.82) is 0 Å². The molecule has 0 spiro atoms. The zero-order valence-corrected chi connectivity index (χ0v) is 22.5. The van der Waals surface area contributed by atoms with Crippen LogP contribution in [0.2, 0.25) is 0 Å². The number of unbranched alkanes of at least 4 members (excludes halogenated alkanes) is 1. The topological polar surface area (TPSA) is 127 Å². The summed E-state index contributed by atoms with van der Waals surface area (Å²) >= 11 is 0. The van der Waals surface area contributed by atoms with Gasteiger partial charge in [0.15, 0.2) is 23.1 Å². The minimum atomic E-state index is -1.10. The normalized spacial score (nSPS) is 10.6. The van der Waals surface area contributed by atoms with Crippen LogP contribution < -0.4 is 4.74 Å². The number of esters is 2. The highest BCUT2D eigenvalue weighted by molar-refractivity contribution is 6.24. The smallest absolute Gasteiger partial charge is 0.343 e. The third-order valence-electron chi connectivity index (χ3n) is 6.35. The number of ketones is 2. The van der Waals surface area contributed by atoms with Crippen molar-refractivity contribution in [3.8, 4) is 17.2 Å². The summed E-state index contributed by atoms with van der Waals surface area (Å²) < 4.78 is 10.9. The Hall–Kier alpha value is -5.24. The summed E-state index contributed by atoms with van der Waals surface area (Å²) in [5.41, 5.74) is -0.765. The van der Waals surface area contributed by atoms with Crippen molar-refractivity contribution < 1.29 is 38.9 Å². The molecule has 8 nitrogen and oxygen atoms in total. The van der Waals surface area contributed by atoms with Crippen LogP contribution in [0.4, 0.5) is 0 Å². The number of benzene rings is 4. The molecule has 0 bridgehead atoms. The van der Waals surface area contributed by atoms with Gasteiger partial charge >= 0.3 is 11.9 Å². The van der Waals surface area contributed by atoms with Crippen molar-refractivity contribution in [2.45, 2.75) is 26.7 Å². The molecule has 0 heterocycles. The molecule has 208 valence electrons. The summed E-state index contributed by atoms with van der Waals surface area (Å²) in [6.45, 7) is 3.67. The monoisotopic (exact) mass is 552 g/mol. The molecule has 0 saturated carbocycles. The van der Waals surface area contributed by atoms with Crippen LogP contribution in [0.5, 0.6) is 17.2 Å². The van der Waals surface area contributed by atoms with E-state index in [-0.39, 0.29) is 23.3 Å². The lowest BCUT2D eigenvalue weighted by Gasteiger charge is -2.20. The number of aryl methyl sites for hydroxylation is 1. The van der Waals surface area contributed by atoms with Crippen LogP contribution in [0.3, 0.4) is 0 Å². The van der Waals surface area contributed by atoms with Gasteiger partial charge < -0.3 is 19.7 Å². The Kier molecular flexibility index (Phi) is 8.94. The zero-order chi connectivity index (χ0) is 29.5. The predicted molar refractivity (Wildman–Crippen MR) is 151 cm³/mol. The molecule has 0 aliphatic heterocycles. The Morgan fingerprint density at radius 3 is 1.76 bits per heavy atom. The Bertz CT molecular complexity index is 1590. The summed E-state index contributed by atoms with van der Waals surface area (Å²) in [5, 5.41) is 22.3. The van der Waals surface area contributed by atoms with Crippen molar-refractivity contribution in [3.05, 3.63) is 124 Å². The quantitative estimate of drug-likeness (QED) is 0.0801. The van der Waals surface area contributed by atoms with Gasteiger partial charge in [0.1, 0.15) is 0 Å². The van der Waals surface area contributed by atoms with Gasteiger partial charge in [-0.1, -0.05) is 91.7 Å². The Morgan fingerprint density at radius 2 is 1.17 bits per heavy atom. The molecule has 4 rings (SSSR count). The molecule has 0 unspecified atom stereocenters. The van der Waals surface area contributed by atoms with E-state index in [0.717, 1.165) is 5.56 Å². The lowest BCUT2D eigenvalue weighted by Crippen LogP contribution is -2.22. The summed E-state index contributed by atoms with van der Waals surface area (Å²) in [6.07, 6.45) is 1.19. The number of phenols is 2. The van der Waals surface area contributed by atoms with E-state index < -0.39 is 57.4 Å². The van der Waals surface area contributed by atoms with E-state index >= 15 is 0 Å². The summed E-state index contributed by atoms with van der Waals surface area (Å²) in [4.78, 5) is 54.4. The third-order valence-corrected chi connectivity index (χ3v) is 6.35. The first-order valence-corrected chi connectivity index (χ1v) is 13.0. The van der Waals surface area contributed by atoms with E-state index in [1.807, 2.05) is 13.8 Å². The number of carbonyl (C=O) groups is 4. The average Bonchev–Trinajstić information content (AvgIpc) is 3.00. The lowest BCUT2D eigenvalue weighted by molar-refractivity contribution is 0.0491. The average molecular weight is 553 g/mol. The largest absolute Gasteiger partial charge is 0.504 e. The summed E-state index contributed by atoms with van der Waals surface area (Å²) in [7, 11) is 0. The highest BCUT2D eigenvalue weighted by Crippen LogP contribution is 2.46. The molecule has 0 fully saturated rings. The fourth-order valence-electron chi connectivity index (χ4n) is 4.13. The first kappa shape index (κ1) is 28.8. The molecule has 0 aliphatic rings. The molecule has 0 aromatic heterocycles. The Morgan fingerprint density at radius 1 is 0.634 bits per heavy atom. The highest BCUT2D eigenvalue weighted by atomic mass is 16.5. The van der Waals surface area contributed by atoms with Crippen LogP contribution in [0.15, 0.2) is 84.9 Å². The molecule has 4 aromatic carbocycles. The maximum absolute atomic E-state index is 14.0. The van der Waals surface area contributed by atoms with Gasteiger partial charge in [-0.05, 0) is 25.5 Å². The van der Waals surface area contributed by atoms with E-state index in [9.17, 15) is 29.4 Å². The van der Waals surface area contributed by atoms with Gasteiger partial charge in [-0.2, -0.15) is 0 Å². The second kappa shape index (κ2) is 12.7. The van der Waals surface area contributed by atoms with Crippen LogP contribution in [0, 0.1) is 6.92 Å². The molecule has 0 atom stereocenters. The first-order valence-electron chi connectivity index (χ1n) is 13.0. The third kappa shape index (κ3) is 6.17. The van der Waals surface area contributed by atoms with Crippen molar-refractivity contribution >= 4 is 23.5 Å². The minimum absolute atomic E-state index is 0.0345. The zero-order valence-electron chi connectivity index (χ0n) is 22.5. The molecule has 0 saturated heterocycles. The fourth-order valence-corrected chi connectivity index (χ4v) is 4.13. The Balaban J connectivity index is 2.03. The minimum Gasteiger partial charge on any atom is -0.504 e. The van der Waals surface area contributed by atoms with E-state index in [0.29, 0.717) is 12.8 Å². The Labute approximate surface area is 236 Å². The van der Waals surface area contributed by atoms with Crippen molar-refractivity contribution in [3.63, 3.8) is 0 Å². The van der Waals surface area contributed by atoms with Gasteiger partial charge in [-0.3, -0.25) is 9.59 Å². The number of carbonyl (C=O) groups excluding carboxylic acids is 4. The fraction of sp³-hybridized carbons (Fsp3) is 0.152. The molecule has 0 radical (unpaired) electrons. The van der Waals surface area contributed by atoms with Gasteiger partial charge in [0.25, 0.3) is 0 Å². The van der Waals surface area contributed by atoms with E-state index in [4.69, 9.17) is 9.47 Å². The standard InChI is InChI=1S/C33H28O8/c1-3-4-19-40-33(39)24-25(27(34)21-11-7-5-8-12-21)29(36)30(37)31(41-32(38)23-13-9-6-10-14-23)26(24)28(35)22-17-15-20(2)16-18-22/h5-18,36-37H,3-4,19H2,1-2H3. The number of hydrogen-bond acceptors (Lipinski definition) is 8. The molecular weight excluding hydrogens is 524 g/mol. The van der Waals surface area contributed by atoms with E-state index in [1.165, 1.54) is 36.4 Å². The van der Waals surface area contributed by atoms with Crippen LogP contribution in [-0.4, -0.2) is 40.3 Å². The van der Waals surface area contributed by atoms with Crippen LogP contribution >= 0.6 is 0 Å². The van der Waals surface area contributed by atoms with Gasteiger partial charge in [-0.15, -0.1) is 0 Å². The highest BCUT2D eigenvalue weighted by Gasteiger charge is 2.37. The molecule has 2 N–H and O–H groups in total. The number of hydrogen-bond donors (Lipinski definition) is 2. The molecular formula is C33H28O8. The van der Waals surface area contributed by atoms with Gasteiger partial charge in [0, 0.05) is 11.1 Å². The molecule has 8 heteroatoms. The van der Waals surface area contributed by atoms with Gasteiger partial charge in [0.05, 0.1) is 28.9 Å². The summed E-state index contributed by atoms with van der Waals surface area (Å²) in [6, 6.07) is 21.8.